The molecule has 1 saturated heterocycles. The summed E-state index contributed by atoms with van der Waals surface area (Å²) in [7, 11) is 0. The molecule has 2 saturated carbocycles. The molecule has 0 amide bonds. The van der Waals surface area contributed by atoms with Crippen LogP contribution in [-0.2, 0) is 0 Å². The first-order valence-electron chi connectivity index (χ1n) is 8.36. The van der Waals surface area contributed by atoms with Crippen molar-refractivity contribution >= 4 is 0 Å². The highest BCUT2D eigenvalue weighted by atomic mass is 15.2. The van der Waals surface area contributed by atoms with Crippen LogP contribution in [0.3, 0.4) is 0 Å². The monoisotopic (exact) mass is 270 g/mol. The van der Waals surface area contributed by atoms with Crippen LogP contribution in [0.25, 0.3) is 0 Å². The Morgan fingerprint density at radius 1 is 1.05 bits per heavy atom. The maximum atomic E-state index is 3.98. The highest BCUT2D eigenvalue weighted by Gasteiger charge is 2.38. The predicted octanol–water partition coefficient (Wildman–Crippen LogP) is 3.27. The van der Waals surface area contributed by atoms with Gasteiger partial charge in [0, 0.05) is 31.2 Å². The lowest BCUT2D eigenvalue weighted by Gasteiger charge is -2.24. The van der Waals surface area contributed by atoms with E-state index in [2.05, 4.69) is 41.4 Å². The number of nitrogens with one attached hydrogen (secondary N) is 1. The fourth-order valence-corrected chi connectivity index (χ4v) is 3.66. The van der Waals surface area contributed by atoms with Gasteiger partial charge in [-0.2, -0.15) is 0 Å². The molecule has 2 unspecified atom stereocenters. The Kier molecular flexibility index (Phi) is 3.31. The van der Waals surface area contributed by atoms with E-state index in [-0.39, 0.29) is 0 Å². The molecule has 20 heavy (non-hydrogen) atoms. The van der Waals surface area contributed by atoms with E-state index in [0.29, 0.717) is 12.1 Å². The van der Waals surface area contributed by atoms with Crippen LogP contribution in [0.5, 0.6) is 0 Å². The first kappa shape index (κ1) is 12.8. The summed E-state index contributed by atoms with van der Waals surface area (Å²) in [6.45, 7) is 4.77. The standard InChI is InChI=1S/C18H26N2/c1-13-2-4-14(5-3-13)18(15-6-7-15)19-16-10-11-20(12-16)17-8-9-17/h2-5,15-19H,6-12H2,1H3. The minimum absolute atomic E-state index is 0.597. The first-order valence-corrected chi connectivity index (χ1v) is 8.36. The Hall–Kier alpha value is -0.860. The van der Waals surface area contributed by atoms with Crippen molar-refractivity contribution in [2.75, 3.05) is 13.1 Å². The lowest BCUT2D eigenvalue weighted by atomic mass is 10.00. The molecule has 4 rings (SSSR count). The van der Waals surface area contributed by atoms with E-state index in [9.17, 15) is 0 Å². The van der Waals surface area contributed by atoms with E-state index in [4.69, 9.17) is 0 Å². The van der Waals surface area contributed by atoms with Gasteiger partial charge in [-0.25, -0.2) is 0 Å². The molecule has 1 aromatic rings. The zero-order valence-corrected chi connectivity index (χ0v) is 12.5. The van der Waals surface area contributed by atoms with Crippen molar-refractivity contribution in [3.63, 3.8) is 0 Å². The zero-order valence-electron chi connectivity index (χ0n) is 12.5. The lowest BCUT2D eigenvalue weighted by Crippen LogP contribution is -2.36. The van der Waals surface area contributed by atoms with Gasteiger partial charge in [0.2, 0.25) is 0 Å². The third-order valence-electron chi connectivity index (χ3n) is 5.23. The molecule has 1 aliphatic heterocycles. The maximum Gasteiger partial charge on any atom is 0.0351 e. The van der Waals surface area contributed by atoms with Crippen molar-refractivity contribution in [1.29, 1.82) is 0 Å². The van der Waals surface area contributed by atoms with Crippen molar-refractivity contribution in [3.05, 3.63) is 35.4 Å². The third-order valence-corrected chi connectivity index (χ3v) is 5.23. The van der Waals surface area contributed by atoms with Crippen LogP contribution in [0.4, 0.5) is 0 Å². The van der Waals surface area contributed by atoms with Gasteiger partial charge in [0.05, 0.1) is 0 Å². The van der Waals surface area contributed by atoms with Gasteiger partial charge >= 0.3 is 0 Å². The summed E-state index contributed by atoms with van der Waals surface area (Å²) >= 11 is 0. The Labute approximate surface area is 122 Å². The van der Waals surface area contributed by atoms with Crippen molar-refractivity contribution < 1.29 is 0 Å². The molecule has 3 aliphatic rings. The number of hydrogen-bond donors (Lipinski definition) is 1. The van der Waals surface area contributed by atoms with Gasteiger partial charge in [0.1, 0.15) is 0 Å². The van der Waals surface area contributed by atoms with Gasteiger partial charge < -0.3 is 5.32 Å². The summed E-state index contributed by atoms with van der Waals surface area (Å²) in [5.41, 5.74) is 2.87. The average Bonchev–Trinajstić information content (AvgIpc) is 3.37. The minimum atomic E-state index is 0.597. The molecule has 1 heterocycles. The smallest absolute Gasteiger partial charge is 0.0351 e. The summed E-state index contributed by atoms with van der Waals surface area (Å²) in [5.74, 6) is 0.882. The molecule has 2 nitrogen and oxygen atoms in total. The van der Waals surface area contributed by atoms with Crippen LogP contribution in [0.1, 0.15) is 49.3 Å². The quantitative estimate of drug-likeness (QED) is 0.883. The third kappa shape index (κ3) is 2.77. The second-order valence-corrected chi connectivity index (χ2v) is 7.10. The van der Waals surface area contributed by atoms with E-state index in [1.165, 1.54) is 56.3 Å². The van der Waals surface area contributed by atoms with Gasteiger partial charge in [-0.15, -0.1) is 0 Å². The van der Waals surface area contributed by atoms with Crippen LogP contribution < -0.4 is 5.32 Å². The van der Waals surface area contributed by atoms with Crippen LogP contribution in [0, 0.1) is 12.8 Å². The summed E-state index contributed by atoms with van der Waals surface area (Å²) in [6.07, 6.45) is 7.04. The Balaban J connectivity index is 1.42. The van der Waals surface area contributed by atoms with Crippen LogP contribution in [0.2, 0.25) is 0 Å². The molecule has 2 aliphatic carbocycles. The molecule has 2 heteroatoms. The summed E-state index contributed by atoms with van der Waals surface area (Å²) in [6, 6.07) is 11.4. The summed E-state index contributed by atoms with van der Waals surface area (Å²) in [4.78, 5) is 2.71. The number of benzene rings is 1. The van der Waals surface area contributed by atoms with Gasteiger partial charge in [0.25, 0.3) is 0 Å². The Bertz CT molecular complexity index is 459. The van der Waals surface area contributed by atoms with Crippen molar-refractivity contribution in [2.45, 2.75) is 57.2 Å². The van der Waals surface area contributed by atoms with Crippen LogP contribution >= 0.6 is 0 Å². The second-order valence-electron chi connectivity index (χ2n) is 7.10. The van der Waals surface area contributed by atoms with E-state index >= 15 is 0 Å². The topological polar surface area (TPSA) is 15.3 Å². The van der Waals surface area contributed by atoms with E-state index < -0.39 is 0 Å². The fraction of sp³-hybridized carbons (Fsp3) is 0.667. The number of nitrogens with zero attached hydrogens (tertiary/aromatic N) is 1. The van der Waals surface area contributed by atoms with Crippen molar-refractivity contribution in [1.82, 2.24) is 10.2 Å². The summed E-state index contributed by atoms with van der Waals surface area (Å²) in [5, 5.41) is 3.98. The Morgan fingerprint density at radius 3 is 2.45 bits per heavy atom. The van der Waals surface area contributed by atoms with Gasteiger partial charge in [0.15, 0.2) is 0 Å². The second kappa shape index (κ2) is 5.16. The molecule has 0 bridgehead atoms. The Morgan fingerprint density at radius 2 is 1.80 bits per heavy atom. The number of aryl methyl sites for hydroxylation is 1. The van der Waals surface area contributed by atoms with Crippen LogP contribution in [-0.4, -0.2) is 30.1 Å². The molecule has 0 radical (unpaired) electrons. The molecule has 0 aromatic heterocycles. The van der Waals surface area contributed by atoms with E-state index in [1.54, 1.807) is 0 Å². The summed E-state index contributed by atoms with van der Waals surface area (Å²) < 4.78 is 0. The van der Waals surface area contributed by atoms with Gasteiger partial charge in [-0.05, 0) is 50.5 Å². The fourth-order valence-electron chi connectivity index (χ4n) is 3.66. The normalized spacial score (nSPS) is 28.8. The van der Waals surface area contributed by atoms with Crippen molar-refractivity contribution in [2.24, 2.45) is 5.92 Å². The number of rotatable bonds is 5. The number of hydrogen-bond acceptors (Lipinski definition) is 2. The lowest BCUT2D eigenvalue weighted by molar-refractivity contribution is 0.309. The first-order chi connectivity index (χ1) is 9.79. The molecule has 3 fully saturated rings. The molecule has 2 atom stereocenters. The van der Waals surface area contributed by atoms with Crippen LogP contribution in [0.15, 0.2) is 24.3 Å². The maximum absolute atomic E-state index is 3.98. The predicted molar refractivity (Wildman–Crippen MR) is 82.8 cm³/mol. The van der Waals surface area contributed by atoms with E-state index in [1.807, 2.05) is 0 Å². The van der Waals surface area contributed by atoms with Crippen molar-refractivity contribution in [3.8, 4) is 0 Å². The molecule has 1 aromatic carbocycles. The molecular formula is C18H26N2. The highest BCUT2D eigenvalue weighted by Crippen LogP contribution is 2.42. The molecule has 1 N–H and O–H groups in total. The van der Waals surface area contributed by atoms with Gasteiger partial charge in [-0.3, -0.25) is 4.90 Å². The molecule has 108 valence electrons. The zero-order chi connectivity index (χ0) is 13.5. The average molecular weight is 270 g/mol. The number of likely N-dealkylation sites (tertiary alicyclic amines) is 1. The molecule has 0 spiro atoms. The molecular weight excluding hydrogens is 244 g/mol. The highest BCUT2D eigenvalue weighted by molar-refractivity contribution is 5.25. The van der Waals surface area contributed by atoms with Gasteiger partial charge in [-0.1, -0.05) is 29.8 Å². The minimum Gasteiger partial charge on any atom is -0.306 e. The largest absolute Gasteiger partial charge is 0.306 e. The van der Waals surface area contributed by atoms with E-state index in [0.717, 1.165) is 12.0 Å². The SMILES string of the molecule is Cc1ccc(C(NC2CCN(C3CC3)C2)C2CC2)cc1.